The molecule has 0 aromatic heterocycles. The van der Waals surface area contributed by atoms with E-state index in [2.05, 4.69) is 0 Å². The predicted octanol–water partition coefficient (Wildman–Crippen LogP) is 2.51. The van der Waals surface area contributed by atoms with Crippen molar-refractivity contribution in [2.75, 3.05) is 14.2 Å². The van der Waals surface area contributed by atoms with Crippen LogP contribution in [0.1, 0.15) is 24.3 Å². The summed E-state index contributed by atoms with van der Waals surface area (Å²) in [4.78, 5) is 0. The molecule has 1 heterocycles. The van der Waals surface area contributed by atoms with E-state index in [1.165, 1.54) is 7.11 Å². The minimum Gasteiger partial charge on any atom is -0.507 e. The average Bonchev–Trinajstić information content (AvgIpc) is 2.44. The number of hydrogen-bond donors (Lipinski definition) is 2. The first kappa shape index (κ1) is 14.0. The maximum Gasteiger partial charge on any atom is 0.185 e. The Bertz CT molecular complexity index is 695. The highest BCUT2D eigenvalue weighted by molar-refractivity contribution is 5.96. The maximum atomic E-state index is 10.6. The van der Waals surface area contributed by atoms with Crippen LogP contribution < -0.4 is 9.47 Å². The van der Waals surface area contributed by atoms with Crippen molar-refractivity contribution in [3.8, 4) is 17.2 Å². The Balaban J connectivity index is 2.33. The highest BCUT2D eigenvalue weighted by Gasteiger charge is 2.29. The summed E-state index contributed by atoms with van der Waals surface area (Å²) in [5.74, 6) is 1.15. The molecule has 5 nitrogen and oxygen atoms in total. The molecule has 2 aromatic rings. The summed E-state index contributed by atoms with van der Waals surface area (Å²) in [7, 11) is 3.11. The van der Waals surface area contributed by atoms with Gasteiger partial charge in [-0.05, 0) is 30.4 Å². The second-order valence-corrected chi connectivity index (χ2v) is 5.23. The molecular formula is C16H18O5. The van der Waals surface area contributed by atoms with Gasteiger partial charge in [0.1, 0.15) is 17.2 Å². The van der Waals surface area contributed by atoms with Crippen LogP contribution in [0.2, 0.25) is 0 Å². The lowest BCUT2D eigenvalue weighted by molar-refractivity contribution is -0.144. The highest BCUT2D eigenvalue weighted by Crippen LogP contribution is 2.44. The molecule has 0 spiro atoms. The Morgan fingerprint density at radius 2 is 1.95 bits per heavy atom. The Kier molecular flexibility index (Phi) is 3.39. The molecule has 112 valence electrons. The van der Waals surface area contributed by atoms with Gasteiger partial charge >= 0.3 is 0 Å². The van der Waals surface area contributed by atoms with E-state index in [0.717, 1.165) is 10.9 Å². The smallest absolute Gasteiger partial charge is 0.185 e. The summed E-state index contributed by atoms with van der Waals surface area (Å²) >= 11 is 0. The lowest BCUT2D eigenvalue weighted by Gasteiger charge is -2.28. The Hall–Kier alpha value is -1.98. The largest absolute Gasteiger partial charge is 0.507 e. The summed E-state index contributed by atoms with van der Waals surface area (Å²) in [6, 6.07) is 5.48. The van der Waals surface area contributed by atoms with Gasteiger partial charge in [-0.2, -0.15) is 0 Å². The van der Waals surface area contributed by atoms with E-state index in [9.17, 15) is 10.2 Å². The van der Waals surface area contributed by atoms with E-state index in [-0.39, 0.29) is 11.9 Å². The zero-order chi connectivity index (χ0) is 15.1. The SMILES string of the molecule is COc1cc(OC)c2c(O)c3c(cc2c1)C[C@H](C)O[C@H]3O. The van der Waals surface area contributed by atoms with Crippen molar-refractivity contribution in [2.45, 2.75) is 25.7 Å². The van der Waals surface area contributed by atoms with Gasteiger partial charge in [0, 0.05) is 6.07 Å². The number of aliphatic hydroxyl groups excluding tert-OH is 1. The second-order valence-electron chi connectivity index (χ2n) is 5.23. The summed E-state index contributed by atoms with van der Waals surface area (Å²) < 4.78 is 16.0. The van der Waals surface area contributed by atoms with E-state index in [0.29, 0.717) is 28.9 Å². The maximum absolute atomic E-state index is 10.6. The molecule has 0 saturated heterocycles. The standard InChI is InChI=1S/C16H18O5/c1-8-4-9-5-10-6-11(19-2)7-12(20-3)13(10)15(17)14(9)16(18)21-8/h5-8,16-18H,4H2,1-3H3/t8-,16+/m0/s1. The number of aliphatic hydroxyl groups is 1. The number of rotatable bonds is 2. The molecule has 0 radical (unpaired) electrons. The summed E-state index contributed by atoms with van der Waals surface area (Å²) in [5, 5.41) is 22.0. The van der Waals surface area contributed by atoms with Gasteiger partial charge in [-0.3, -0.25) is 0 Å². The van der Waals surface area contributed by atoms with E-state index in [4.69, 9.17) is 14.2 Å². The highest BCUT2D eigenvalue weighted by atomic mass is 16.6. The Labute approximate surface area is 122 Å². The van der Waals surface area contributed by atoms with Crippen molar-refractivity contribution in [3.63, 3.8) is 0 Å². The lowest BCUT2D eigenvalue weighted by atomic mass is 9.93. The van der Waals surface area contributed by atoms with Crippen molar-refractivity contribution in [1.82, 2.24) is 0 Å². The van der Waals surface area contributed by atoms with Crippen molar-refractivity contribution < 1.29 is 24.4 Å². The third-order valence-corrected chi connectivity index (χ3v) is 3.84. The molecule has 0 saturated carbocycles. The third kappa shape index (κ3) is 2.18. The van der Waals surface area contributed by atoms with Gasteiger partial charge in [0.15, 0.2) is 6.29 Å². The Morgan fingerprint density at radius 3 is 2.62 bits per heavy atom. The molecule has 5 heteroatoms. The molecule has 0 amide bonds. The van der Waals surface area contributed by atoms with Gasteiger partial charge in [0.25, 0.3) is 0 Å². The number of ether oxygens (including phenoxy) is 3. The lowest BCUT2D eigenvalue weighted by Crippen LogP contribution is -2.23. The van der Waals surface area contributed by atoms with Crippen LogP contribution >= 0.6 is 0 Å². The third-order valence-electron chi connectivity index (χ3n) is 3.84. The number of phenolic OH excluding ortho intramolecular Hbond substituents is 1. The molecule has 1 aliphatic rings. The number of benzene rings is 2. The number of methoxy groups -OCH3 is 2. The quantitative estimate of drug-likeness (QED) is 0.889. The van der Waals surface area contributed by atoms with Crippen molar-refractivity contribution in [2.24, 2.45) is 0 Å². The first-order valence-corrected chi connectivity index (χ1v) is 6.79. The molecule has 3 rings (SSSR count). The fourth-order valence-electron chi connectivity index (χ4n) is 2.90. The van der Waals surface area contributed by atoms with E-state index < -0.39 is 6.29 Å². The number of hydrogen-bond acceptors (Lipinski definition) is 5. The number of fused-ring (bicyclic) bond motifs is 2. The molecular weight excluding hydrogens is 272 g/mol. The topological polar surface area (TPSA) is 68.2 Å². The average molecular weight is 290 g/mol. The summed E-state index contributed by atoms with van der Waals surface area (Å²) in [6.45, 7) is 1.89. The first-order valence-electron chi connectivity index (χ1n) is 6.79. The van der Waals surface area contributed by atoms with Gasteiger partial charge in [0.05, 0.1) is 31.3 Å². The first-order chi connectivity index (χ1) is 10.0. The summed E-state index contributed by atoms with van der Waals surface area (Å²) in [5.41, 5.74) is 1.30. The fraction of sp³-hybridized carbons (Fsp3) is 0.375. The molecule has 0 fully saturated rings. The van der Waals surface area contributed by atoms with Gasteiger partial charge < -0.3 is 24.4 Å². The van der Waals surface area contributed by atoms with Crippen LogP contribution in [0, 0.1) is 0 Å². The molecule has 0 bridgehead atoms. The molecule has 2 N–H and O–H groups in total. The molecule has 0 aliphatic carbocycles. The van der Waals surface area contributed by atoms with Crippen LogP contribution in [-0.2, 0) is 11.2 Å². The normalized spacial score (nSPS) is 21.1. The van der Waals surface area contributed by atoms with Gasteiger partial charge in [-0.15, -0.1) is 0 Å². The number of aromatic hydroxyl groups is 1. The van der Waals surface area contributed by atoms with Gasteiger partial charge in [-0.1, -0.05) is 6.07 Å². The molecule has 21 heavy (non-hydrogen) atoms. The van der Waals surface area contributed by atoms with Gasteiger partial charge in [-0.25, -0.2) is 0 Å². The van der Waals surface area contributed by atoms with Crippen LogP contribution in [0.4, 0.5) is 0 Å². The monoisotopic (exact) mass is 290 g/mol. The van der Waals surface area contributed by atoms with Crippen LogP contribution in [0.3, 0.4) is 0 Å². The van der Waals surface area contributed by atoms with Crippen LogP contribution in [0.5, 0.6) is 17.2 Å². The summed E-state index contributed by atoms with van der Waals surface area (Å²) in [6.07, 6.45) is -0.591. The fourth-order valence-corrected chi connectivity index (χ4v) is 2.90. The van der Waals surface area contributed by atoms with E-state index in [1.54, 1.807) is 13.2 Å². The van der Waals surface area contributed by atoms with E-state index in [1.807, 2.05) is 19.1 Å². The Morgan fingerprint density at radius 1 is 1.19 bits per heavy atom. The zero-order valence-electron chi connectivity index (χ0n) is 12.2. The molecule has 2 atom stereocenters. The molecule has 2 aromatic carbocycles. The minimum atomic E-state index is -1.13. The predicted molar refractivity (Wildman–Crippen MR) is 77.9 cm³/mol. The van der Waals surface area contributed by atoms with Crippen molar-refractivity contribution in [1.29, 1.82) is 0 Å². The molecule has 0 unspecified atom stereocenters. The molecule has 1 aliphatic heterocycles. The number of phenols is 1. The second kappa shape index (κ2) is 5.09. The van der Waals surface area contributed by atoms with E-state index >= 15 is 0 Å². The van der Waals surface area contributed by atoms with Crippen LogP contribution in [0.25, 0.3) is 10.8 Å². The zero-order valence-corrected chi connectivity index (χ0v) is 12.2. The van der Waals surface area contributed by atoms with Gasteiger partial charge in [0.2, 0.25) is 0 Å². The minimum absolute atomic E-state index is 0.00130. The van der Waals surface area contributed by atoms with Crippen LogP contribution in [0.15, 0.2) is 18.2 Å². The van der Waals surface area contributed by atoms with Crippen LogP contribution in [-0.4, -0.2) is 30.5 Å². The van der Waals surface area contributed by atoms with Crippen molar-refractivity contribution >= 4 is 10.8 Å². The van der Waals surface area contributed by atoms with Crippen molar-refractivity contribution in [3.05, 3.63) is 29.3 Å².